The minimum atomic E-state index is -4.01. The van der Waals surface area contributed by atoms with Crippen molar-refractivity contribution < 1.29 is 17.9 Å². The van der Waals surface area contributed by atoms with Crippen molar-refractivity contribution in [2.75, 3.05) is 17.5 Å². The Hall–Kier alpha value is -3.32. The number of rotatable bonds is 9. The number of para-hydroxylation sites is 2. The van der Waals surface area contributed by atoms with Crippen molar-refractivity contribution in [1.82, 2.24) is 5.32 Å². The molecule has 7 heteroatoms. The molecule has 0 saturated carbocycles. The maximum atomic E-state index is 13.6. The van der Waals surface area contributed by atoms with Crippen LogP contribution in [0.2, 0.25) is 0 Å². The van der Waals surface area contributed by atoms with Gasteiger partial charge in [-0.15, -0.1) is 0 Å². The number of ether oxygens (including phenoxy) is 1. The highest BCUT2D eigenvalue weighted by molar-refractivity contribution is 7.92. The summed E-state index contributed by atoms with van der Waals surface area (Å²) in [6.45, 7) is 7.71. The van der Waals surface area contributed by atoms with Crippen LogP contribution in [0.3, 0.4) is 0 Å². The fourth-order valence-electron chi connectivity index (χ4n) is 3.77. The molecule has 0 saturated heterocycles. The molecular weight excluding hydrogens is 436 g/mol. The number of carbonyl (C=O) groups excluding carboxylic acids is 1. The van der Waals surface area contributed by atoms with E-state index in [2.05, 4.69) is 11.4 Å². The van der Waals surface area contributed by atoms with Gasteiger partial charge < -0.3 is 10.1 Å². The van der Waals surface area contributed by atoms with Crippen LogP contribution in [0.4, 0.5) is 5.69 Å². The molecule has 0 aliphatic heterocycles. The molecular formula is C26H30N2O4S. The van der Waals surface area contributed by atoms with Crippen LogP contribution < -0.4 is 14.4 Å². The number of hydrogen-bond acceptors (Lipinski definition) is 4. The first kappa shape index (κ1) is 24.3. The molecule has 174 valence electrons. The lowest BCUT2D eigenvalue weighted by Gasteiger charge is -2.27. The van der Waals surface area contributed by atoms with Crippen molar-refractivity contribution in [2.45, 2.75) is 38.6 Å². The average molecular weight is 467 g/mol. The van der Waals surface area contributed by atoms with Gasteiger partial charge in [0.25, 0.3) is 10.0 Å². The molecule has 3 rings (SSSR count). The number of anilines is 1. The summed E-state index contributed by atoms with van der Waals surface area (Å²) in [6, 6.07) is 20.7. The molecule has 6 nitrogen and oxygen atoms in total. The molecule has 3 aromatic rings. The van der Waals surface area contributed by atoms with E-state index in [0.717, 1.165) is 21.0 Å². The van der Waals surface area contributed by atoms with Crippen molar-refractivity contribution in [3.63, 3.8) is 0 Å². The largest absolute Gasteiger partial charge is 0.492 e. The Labute approximate surface area is 196 Å². The second kappa shape index (κ2) is 10.5. The lowest BCUT2D eigenvalue weighted by Crippen LogP contribution is -2.41. The van der Waals surface area contributed by atoms with Crippen molar-refractivity contribution in [3.8, 4) is 5.75 Å². The van der Waals surface area contributed by atoms with E-state index in [0.29, 0.717) is 18.0 Å². The number of hydrogen-bond donors (Lipinski definition) is 1. The number of nitrogens with zero attached hydrogens (tertiary/aromatic N) is 1. The molecule has 33 heavy (non-hydrogen) atoms. The number of carbonyl (C=O) groups is 1. The zero-order valence-electron chi connectivity index (χ0n) is 19.4. The van der Waals surface area contributed by atoms with Gasteiger partial charge in [-0.2, -0.15) is 0 Å². The minimum absolute atomic E-state index is 0.103. The number of aryl methyl sites for hydroxylation is 2. The van der Waals surface area contributed by atoms with Crippen LogP contribution in [0.25, 0.3) is 0 Å². The van der Waals surface area contributed by atoms with Crippen LogP contribution in [0.5, 0.6) is 5.75 Å². The average Bonchev–Trinajstić information content (AvgIpc) is 2.78. The van der Waals surface area contributed by atoms with Crippen LogP contribution in [-0.4, -0.2) is 27.5 Å². The van der Waals surface area contributed by atoms with Crippen molar-refractivity contribution in [2.24, 2.45) is 0 Å². The molecule has 0 aliphatic rings. The first-order chi connectivity index (χ1) is 15.7. The number of nitrogens with one attached hydrogen (secondary N) is 1. The van der Waals surface area contributed by atoms with Gasteiger partial charge >= 0.3 is 0 Å². The molecule has 0 heterocycles. The second-order valence-corrected chi connectivity index (χ2v) is 9.74. The van der Waals surface area contributed by atoms with Gasteiger partial charge in [0.15, 0.2) is 0 Å². The number of sulfonamides is 1. The topological polar surface area (TPSA) is 75.7 Å². The first-order valence-electron chi connectivity index (χ1n) is 10.9. The summed E-state index contributed by atoms with van der Waals surface area (Å²) < 4.78 is 33.9. The van der Waals surface area contributed by atoms with Crippen LogP contribution in [0.1, 0.15) is 36.6 Å². The summed E-state index contributed by atoms with van der Waals surface area (Å²) in [7, 11) is -4.01. The third-order valence-electron chi connectivity index (χ3n) is 5.32. The Morgan fingerprint density at radius 2 is 1.67 bits per heavy atom. The molecule has 1 N–H and O–H groups in total. The van der Waals surface area contributed by atoms with Gasteiger partial charge in [-0.25, -0.2) is 8.42 Å². The Bertz CT molecular complexity index is 1210. The Balaban J connectivity index is 1.94. The van der Waals surface area contributed by atoms with E-state index in [4.69, 9.17) is 4.74 Å². The predicted octanol–water partition coefficient (Wildman–Crippen LogP) is 4.77. The van der Waals surface area contributed by atoms with E-state index in [9.17, 15) is 13.2 Å². The highest BCUT2D eigenvalue weighted by atomic mass is 32.2. The fourth-order valence-corrected chi connectivity index (χ4v) is 5.22. The van der Waals surface area contributed by atoms with Gasteiger partial charge in [-0.3, -0.25) is 9.10 Å². The van der Waals surface area contributed by atoms with Gasteiger partial charge in [0.2, 0.25) is 5.91 Å². The zero-order valence-corrected chi connectivity index (χ0v) is 20.2. The Morgan fingerprint density at radius 3 is 2.33 bits per heavy atom. The summed E-state index contributed by atoms with van der Waals surface area (Å²) >= 11 is 0. The second-order valence-electron chi connectivity index (χ2n) is 7.87. The summed E-state index contributed by atoms with van der Waals surface area (Å²) in [5.74, 6) is -0.0111. The van der Waals surface area contributed by atoms with Crippen LogP contribution >= 0.6 is 0 Å². The summed E-state index contributed by atoms with van der Waals surface area (Å²) in [4.78, 5) is 13.2. The third kappa shape index (κ3) is 5.73. The van der Waals surface area contributed by atoms with Crippen molar-refractivity contribution in [1.29, 1.82) is 0 Å². The maximum absolute atomic E-state index is 13.6. The van der Waals surface area contributed by atoms with Crippen LogP contribution in [-0.2, 0) is 14.8 Å². The van der Waals surface area contributed by atoms with Gasteiger partial charge in [-0.1, -0.05) is 54.1 Å². The molecule has 0 radical (unpaired) electrons. The van der Waals surface area contributed by atoms with Gasteiger partial charge in [-0.05, 0) is 63.1 Å². The zero-order chi connectivity index (χ0) is 24.0. The van der Waals surface area contributed by atoms with Crippen molar-refractivity contribution in [3.05, 3.63) is 89.5 Å². The molecule has 1 amide bonds. The van der Waals surface area contributed by atoms with Gasteiger partial charge in [0, 0.05) is 0 Å². The molecule has 0 aliphatic carbocycles. The van der Waals surface area contributed by atoms with E-state index < -0.39 is 15.9 Å². The maximum Gasteiger partial charge on any atom is 0.264 e. The van der Waals surface area contributed by atoms with Crippen molar-refractivity contribution >= 4 is 21.6 Å². The normalized spacial score (nSPS) is 12.1. The van der Waals surface area contributed by atoms with E-state index in [1.807, 2.05) is 39.8 Å². The molecule has 0 spiro atoms. The predicted molar refractivity (Wildman–Crippen MR) is 131 cm³/mol. The quantitative estimate of drug-likeness (QED) is 0.493. The molecule has 0 aromatic heterocycles. The monoisotopic (exact) mass is 466 g/mol. The van der Waals surface area contributed by atoms with E-state index >= 15 is 0 Å². The molecule has 0 bridgehead atoms. The number of benzene rings is 3. The highest BCUT2D eigenvalue weighted by Crippen LogP contribution is 2.32. The third-order valence-corrected chi connectivity index (χ3v) is 7.10. The Morgan fingerprint density at radius 1 is 1.00 bits per heavy atom. The highest BCUT2D eigenvalue weighted by Gasteiger charge is 2.29. The summed E-state index contributed by atoms with van der Waals surface area (Å²) in [6.07, 6.45) is 0. The first-order valence-corrected chi connectivity index (χ1v) is 12.3. The molecule has 1 atom stereocenters. The lowest BCUT2D eigenvalue weighted by atomic mass is 10.0. The molecule has 0 unspecified atom stereocenters. The Kier molecular flexibility index (Phi) is 7.76. The SMILES string of the molecule is CCOc1ccccc1N(CC(=O)N[C@@H](C)c1ccc(C)cc1C)S(=O)(=O)c1ccccc1. The van der Waals surface area contributed by atoms with E-state index in [-0.39, 0.29) is 17.5 Å². The fraction of sp³-hybridized carbons (Fsp3) is 0.269. The van der Waals surface area contributed by atoms with E-state index in [1.54, 1.807) is 42.5 Å². The van der Waals surface area contributed by atoms with Gasteiger partial charge in [0.1, 0.15) is 12.3 Å². The number of amides is 1. The minimum Gasteiger partial charge on any atom is -0.492 e. The summed E-state index contributed by atoms with van der Waals surface area (Å²) in [5.41, 5.74) is 3.51. The van der Waals surface area contributed by atoms with Crippen LogP contribution in [0.15, 0.2) is 77.7 Å². The standard InChI is InChI=1S/C26H30N2O4S/c1-5-32-25-14-10-9-13-24(25)28(33(30,31)22-11-7-6-8-12-22)18-26(29)27-21(4)23-16-15-19(2)17-20(23)3/h6-17,21H,5,18H2,1-4H3,(H,27,29)/t21-/m0/s1. The molecule has 3 aromatic carbocycles. The molecule has 0 fully saturated rings. The van der Waals surface area contributed by atoms with E-state index in [1.165, 1.54) is 12.1 Å². The smallest absolute Gasteiger partial charge is 0.264 e. The van der Waals surface area contributed by atoms with Crippen LogP contribution in [0, 0.1) is 13.8 Å². The lowest BCUT2D eigenvalue weighted by molar-refractivity contribution is -0.120. The summed E-state index contributed by atoms with van der Waals surface area (Å²) in [5, 5.41) is 2.95. The van der Waals surface area contributed by atoms with Gasteiger partial charge in [0.05, 0.1) is 23.2 Å².